The van der Waals surface area contributed by atoms with E-state index < -0.39 is 4.92 Å². The molecule has 0 unspecified atom stereocenters. The number of carbonyl (C=O) groups excluding carboxylic acids is 1. The van der Waals surface area contributed by atoms with Gasteiger partial charge in [0.1, 0.15) is 11.3 Å². The molecule has 0 saturated carbocycles. The van der Waals surface area contributed by atoms with Gasteiger partial charge in [-0.2, -0.15) is 11.8 Å². The first kappa shape index (κ1) is 15.6. The molecule has 1 N–H and O–H groups in total. The molecule has 0 aliphatic carbocycles. The van der Waals surface area contributed by atoms with Crippen LogP contribution in [-0.4, -0.2) is 46.4 Å². The summed E-state index contributed by atoms with van der Waals surface area (Å²) in [7, 11) is 1.61. The van der Waals surface area contributed by atoms with Crippen LogP contribution < -0.4 is 5.32 Å². The van der Waals surface area contributed by atoms with Crippen LogP contribution in [-0.2, 0) is 0 Å². The van der Waals surface area contributed by atoms with Crippen molar-refractivity contribution in [2.75, 3.05) is 31.2 Å². The van der Waals surface area contributed by atoms with Crippen LogP contribution in [0.2, 0.25) is 0 Å². The number of benzene rings is 1. The van der Waals surface area contributed by atoms with Gasteiger partial charge in [0.15, 0.2) is 0 Å². The Hall–Kier alpha value is -1.76. The summed E-state index contributed by atoms with van der Waals surface area (Å²) in [6.45, 7) is 5.37. The maximum atomic E-state index is 12.7. The Bertz CT molecular complexity index is 575. The van der Waals surface area contributed by atoms with E-state index in [2.05, 4.69) is 19.2 Å². The number of anilines is 1. The monoisotopic (exact) mass is 309 g/mol. The summed E-state index contributed by atoms with van der Waals surface area (Å²) in [4.78, 5) is 25.2. The average Bonchev–Trinajstić information content (AvgIpc) is 2.44. The lowest BCUT2D eigenvalue weighted by molar-refractivity contribution is -0.384. The van der Waals surface area contributed by atoms with E-state index in [1.54, 1.807) is 24.1 Å². The lowest BCUT2D eigenvalue weighted by Crippen LogP contribution is -2.46. The number of nitro benzene ring substituents is 1. The number of carbonyl (C=O) groups is 1. The molecule has 0 radical (unpaired) electrons. The molecule has 0 atom stereocenters. The molecule has 6 nitrogen and oxygen atoms in total. The van der Waals surface area contributed by atoms with Gasteiger partial charge in [-0.25, -0.2) is 0 Å². The molecule has 1 aliphatic heterocycles. The van der Waals surface area contributed by atoms with E-state index in [9.17, 15) is 14.9 Å². The van der Waals surface area contributed by atoms with Crippen LogP contribution in [0.15, 0.2) is 18.2 Å². The minimum absolute atomic E-state index is 0.0245. The highest BCUT2D eigenvalue weighted by atomic mass is 32.2. The summed E-state index contributed by atoms with van der Waals surface area (Å²) in [6, 6.07) is 4.79. The molecule has 1 amide bonds. The van der Waals surface area contributed by atoms with Crippen LogP contribution in [0.3, 0.4) is 0 Å². The Morgan fingerprint density at radius 1 is 1.48 bits per heavy atom. The van der Waals surface area contributed by atoms with Crippen molar-refractivity contribution < 1.29 is 9.72 Å². The predicted octanol–water partition coefficient (Wildman–Crippen LogP) is 2.60. The predicted molar refractivity (Wildman–Crippen MR) is 85.1 cm³/mol. The van der Waals surface area contributed by atoms with Crippen molar-refractivity contribution in [3.05, 3.63) is 33.9 Å². The van der Waals surface area contributed by atoms with Gasteiger partial charge in [0.25, 0.3) is 5.91 Å². The van der Waals surface area contributed by atoms with Gasteiger partial charge in [-0.15, -0.1) is 0 Å². The quantitative estimate of drug-likeness (QED) is 0.686. The Kier molecular flexibility index (Phi) is 4.41. The van der Waals surface area contributed by atoms with Crippen LogP contribution in [0.5, 0.6) is 0 Å². The summed E-state index contributed by atoms with van der Waals surface area (Å²) < 4.78 is -0.0245. The Balaban J connectivity index is 2.37. The van der Waals surface area contributed by atoms with Crippen LogP contribution in [0.4, 0.5) is 11.4 Å². The van der Waals surface area contributed by atoms with E-state index in [1.165, 1.54) is 6.07 Å². The molecule has 114 valence electrons. The summed E-state index contributed by atoms with van der Waals surface area (Å²) in [6.07, 6.45) is 0. The maximum absolute atomic E-state index is 12.7. The number of hydrogen-bond acceptors (Lipinski definition) is 5. The second-order valence-electron chi connectivity index (χ2n) is 5.54. The van der Waals surface area contributed by atoms with Gasteiger partial charge in [-0.1, -0.05) is 6.07 Å². The van der Waals surface area contributed by atoms with Gasteiger partial charge in [0.2, 0.25) is 0 Å². The molecular formula is C14H19N3O3S. The Morgan fingerprint density at radius 3 is 2.76 bits per heavy atom. The fraction of sp³-hybridized carbons (Fsp3) is 0.500. The topological polar surface area (TPSA) is 75.5 Å². The zero-order chi connectivity index (χ0) is 15.6. The molecule has 1 fully saturated rings. The Morgan fingerprint density at radius 2 is 2.19 bits per heavy atom. The van der Waals surface area contributed by atoms with Crippen LogP contribution in [0, 0.1) is 10.1 Å². The van der Waals surface area contributed by atoms with Crippen molar-refractivity contribution in [3.8, 4) is 0 Å². The maximum Gasteiger partial charge on any atom is 0.305 e. The summed E-state index contributed by atoms with van der Waals surface area (Å²) in [5.74, 6) is 0.574. The Labute approximate surface area is 128 Å². The van der Waals surface area contributed by atoms with Crippen molar-refractivity contribution in [3.63, 3.8) is 0 Å². The molecule has 1 saturated heterocycles. The van der Waals surface area contributed by atoms with Crippen LogP contribution >= 0.6 is 11.8 Å². The molecule has 1 aromatic rings. The number of nitrogens with one attached hydrogen (secondary N) is 1. The third kappa shape index (κ3) is 3.29. The summed E-state index contributed by atoms with van der Waals surface area (Å²) in [5, 5.41) is 14.1. The van der Waals surface area contributed by atoms with Gasteiger partial charge in [0, 0.05) is 30.6 Å². The molecule has 1 aromatic carbocycles. The molecule has 0 aromatic heterocycles. The normalized spacial score (nSPS) is 17.4. The van der Waals surface area contributed by atoms with E-state index in [1.807, 2.05) is 11.8 Å². The first-order valence-corrected chi connectivity index (χ1v) is 7.72. The number of nitrogens with zero attached hydrogens (tertiary/aromatic N) is 2. The largest absolute Gasteiger partial charge is 0.383 e. The van der Waals surface area contributed by atoms with Crippen molar-refractivity contribution in [2.24, 2.45) is 0 Å². The second kappa shape index (κ2) is 5.93. The van der Waals surface area contributed by atoms with E-state index in [0.29, 0.717) is 18.8 Å². The first-order valence-electron chi connectivity index (χ1n) is 6.74. The minimum Gasteiger partial charge on any atom is -0.383 e. The number of rotatable bonds is 3. The van der Waals surface area contributed by atoms with Gasteiger partial charge in [-0.05, 0) is 26.0 Å². The third-order valence-corrected chi connectivity index (χ3v) is 4.73. The SMILES string of the molecule is CNc1cccc(C(=O)N2CCSC(C)(C)C2)c1[N+](=O)[O-]. The van der Waals surface area contributed by atoms with Crippen molar-refractivity contribution in [1.82, 2.24) is 4.90 Å². The molecule has 0 bridgehead atoms. The van der Waals surface area contributed by atoms with Gasteiger partial charge in [-0.3, -0.25) is 14.9 Å². The van der Waals surface area contributed by atoms with Crippen molar-refractivity contribution in [1.29, 1.82) is 0 Å². The molecule has 2 rings (SSSR count). The number of nitro groups is 1. The summed E-state index contributed by atoms with van der Waals surface area (Å²) in [5.41, 5.74) is 0.354. The number of amides is 1. The highest BCUT2D eigenvalue weighted by Gasteiger charge is 2.33. The van der Waals surface area contributed by atoms with Crippen molar-refractivity contribution >= 4 is 29.0 Å². The number of hydrogen-bond donors (Lipinski definition) is 1. The fourth-order valence-corrected chi connectivity index (χ4v) is 3.59. The standard InChI is InChI=1S/C14H19N3O3S/c1-14(2)9-16(7-8-21-14)13(18)10-5-4-6-11(15-3)12(10)17(19)20/h4-6,15H,7-9H2,1-3H3. The van der Waals surface area contributed by atoms with Crippen LogP contribution in [0.1, 0.15) is 24.2 Å². The third-order valence-electron chi connectivity index (χ3n) is 3.43. The average molecular weight is 309 g/mol. The lowest BCUT2D eigenvalue weighted by atomic mass is 10.1. The zero-order valence-electron chi connectivity index (χ0n) is 12.4. The zero-order valence-corrected chi connectivity index (χ0v) is 13.2. The molecule has 1 heterocycles. The number of para-hydroxylation sites is 1. The first-order chi connectivity index (χ1) is 9.85. The van der Waals surface area contributed by atoms with E-state index in [4.69, 9.17) is 0 Å². The van der Waals surface area contributed by atoms with Gasteiger partial charge < -0.3 is 10.2 Å². The van der Waals surface area contributed by atoms with Gasteiger partial charge in [0.05, 0.1) is 4.92 Å². The molecule has 21 heavy (non-hydrogen) atoms. The van der Waals surface area contributed by atoms with E-state index >= 15 is 0 Å². The molecule has 1 aliphatic rings. The number of thioether (sulfide) groups is 1. The second-order valence-corrected chi connectivity index (χ2v) is 7.35. The van der Waals surface area contributed by atoms with Crippen LogP contribution in [0.25, 0.3) is 0 Å². The smallest absolute Gasteiger partial charge is 0.305 e. The highest BCUT2D eigenvalue weighted by Crippen LogP contribution is 2.33. The van der Waals surface area contributed by atoms with Gasteiger partial charge >= 0.3 is 5.69 Å². The lowest BCUT2D eigenvalue weighted by Gasteiger charge is -2.37. The van der Waals surface area contributed by atoms with Crippen molar-refractivity contribution in [2.45, 2.75) is 18.6 Å². The molecule has 7 heteroatoms. The fourth-order valence-electron chi connectivity index (χ4n) is 2.47. The minimum atomic E-state index is -0.497. The molecule has 0 spiro atoms. The molecular weight excluding hydrogens is 290 g/mol. The van der Waals surface area contributed by atoms with E-state index in [0.717, 1.165) is 5.75 Å². The summed E-state index contributed by atoms with van der Waals surface area (Å²) >= 11 is 1.81. The van der Waals surface area contributed by atoms with E-state index in [-0.39, 0.29) is 21.9 Å². The highest BCUT2D eigenvalue weighted by molar-refractivity contribution is 8.00.